The number of rotatable bonds is 13. The first-order valence-electron chi connectivity index (χ1n) is 11.4. The van der Waals surface area contributed by atoms with Gasteiger partial charge in [-0.1, -0.05) is 13.3 Å². The predicted molar refractivity (Wildman–Crippen MR) is 125 cm³/mol. The Balaban J connectivity index is 3.49. The minimum absolute atomic E-state index is 0.0176. The molecule has 36 heavy (non-hydrogen) atoms. The Morgan fingerprint density at radius 2 is 1.72 bits per heavy atom. The topological polar surface area (TPSA) is 195 Å². The van der Waals surface area contributed by atoms with Gasteiger partial charge in [0, 0.05) is 6.07 Å². The van der Waals surface area contributed by atoms with Crippen LogP contribution in [0.4, 0.5) is 10.5 Å². The average Bonchev–Trinajstić information content (AvgIpc) is 2.74. The normalized spacial score (nSPS) is 13.8. The van der Waals surface area contributed by atoms with E-state index in [9.17, 15) is 39.5 Å². The van der Waals surface area contributed by atoms with Crippen LogP contribution in [0.25, 0.3) is 0 Å². The van der Waals surface area contributed by atoms with Crippen LogP contribution in [0.2, 0.25) is 0 Å². The fourth-order valence-electron chi connectivity index (χ4n) is 3.80. The molecule has 0 aliphatic rings. The number of nitrogens with zero attached hydrogens (tertiary/aromatic N) is 2. The van der Waals surface area contributed by atoms with Crippen molar-refractivity contribution in [3.8, 4) is 0 Å². The van der Waals surface area contributed by atoms with Crippen molar-refractivity contribution >= 4 is 29.7 Å². The maximum Gasteiger partial charge on any atom is 0.407 e. The van der Waals surface area contributed by atoms with E-state index in [-0.39, 0.29) is 37.3 Å². The number of aliphatic carboxylic acids is 2. The van der Waals surface area contributed by atoms with Gasteiger partial charge in [-0.15, -0.1) is 0 Å². The lowest BCUT2D eigenvalue weighted by Crippen LogP contribution is -2.49. The number of nitrogens with one attached hydrogen (secondary N) is 1. The molecule has 0 fully saturated rings. The molecule has 2 atom stereocenters. The largest absolute Gasteiger partial charge is 0.481 e. The number of esters is 1. The van der Waals surface area contributed by atoms with Gasteiger partial charge in [-0.05, 0) is 53.0 Å². The monoisotopic (exact) mass is 511 g/mol. The average molecular weight is 512 g/mol. The lowest BCUT2D eigenvalue weighted by atomic mass is 9.74. The van der Waals surface area contributed by atoms with Crippen LogP contribution in [0.1, 0.15) is 66.0 Å². The smallest absolute Gasteiger partial charge is 0.407 e. The number of hydrogen-bond donors (Lipinski definition) is 3. The molecule has 0 aromatic carbocycles. The molecule has 0 aliphatic carbocycles. The zero-order valence-electron chi connectivity index (χ0n) is 21.0. The second-order valence-corrected chi connectivity index (χ2v) is 9.16. The summed E-state index contributed by atoms with van der Waals surface area (Å²) in [6.45, 7) is 8.15. The van der Waals surface area contributed by atoms with Crippen LogP contribution in [-0.2, 0) is 29.3 Å². The summed E-state index contributed by atoms with van der Waals surface area (Å²) in [7, 11) is 0. The van der Waals surface area contributed by atoms with Crippen molar-refractivity contribution in [2.45, 2.75) is 77.4 Å². The van der Waals surface area contributed by atoms with Gasteiger partial charge in [-0.3, -0.25) is 29.5 Å². The SMILES string of the molecule is CCCC(CC[C@H](NC(=O)OC(C)(C)C)C(C(=O)O)C(=O)O)(C(=O)OCC)c1ccc([N+](=O)[O-])cn1. The van der Waals surface area contributed by atoms with Gasteiger partial charge in [0.05, 0.1) is 23.3 Å². The van der Waals surface area contributed by atoms with E-state index in [4.69, 9.17) is 9.47 Å². The molecule has 0 saturated heterocycles. The van der Waals surface area contributed by atoms with E-state index in [0.717, 1.165) is 6.20 Å². The number of hydrogen-bond acceptors (Lipinski definition) is 9. The molecule has 1 aromatic rings. The number of carbonyl (C=O) groups excluding carboxylic acids is 2. The van der Waals surface area contributed by atoms with Crippen molar-refractivity contribution in [2.24, 2.45) is 5.92 Å². The molecule has 1 unspecified atom stereocenters. The zero-order valence-corrected chi connectivity index (χ0v) is 21.0. The third-order valence-electron chi connectivity index (χ3n) is 5.31. The van der Waals surface area contributed by atoms with Gasteiger partial charge in [0.2, 0.25) is 0 Å². The Hall–Kier alpha value is -3.77. The summed E-state index contributed by atoms with van der Waals surface area (Å²) in [5, 5.41) is 32.5. The maximum absolute atomic E-state index is 13.2. The van der Waals surface area contributed by atoms with Crippen LogP contribution in [-0.4, -0.2) is 62.4 Å². The van der Waals surface area contributed by atoms with E-state index >= 15 is 0 Å². The third kappa shape index (κ3) is 8.17. The molecule has 1 heterocycles. The highest BCUT2D eigenvalue weighted by Crippen LogP contribution is 2.36. The zero-order chi connectivity index (χ0) is 27.7. The van der Waals surface area contributed by atoms with Crippen LogP contribution < -0.4 is 5.32 Å². The summed E-state index contributed by atoms with van der Waals surface area (Å²) in [5.74, 6) is -6.11. The molecule has 0 bridgehead atoms. The summed E-state index contributed by atoms with van der Waals surface area (Å²) in [4.78, 5) is 63.6. The van der Waals surface area contributed by atoms with E-state index in [0.29, 0.717) is 6.42 Å². The molecular formula is C23H33N3O10. The number of ether oxygens (including phenoxy) is 2. The molecule has 3 N–H and O–H groups in total. The summed E-state index contributed by atoms with van der Waals surface area (Å²) < 4.78 is 10.4. The number of nitro groups is 1. The molecule has 1 aromatic heterocycles. The van der Waals surface area contributed by atoms with E-state index in [1.807, 2.05) is 0 Å². The van der Waals surface area contributed by atoms with E-state index < -0.39 is 51.9 Å². The second kappa shape index (κ2) is 12.8. The Kier molecular flexibility index (Phi) is 10.8. The van der Waals surface area contributed by atoms with Crippen molar-refractivity contribution < 1.29 is 43.8 Å². The first kappa shape index (κ1) is 30.3. The number of carboxylic acid groups (broad SMARTS) is 2. The molecule has 200 valence electrons. The number of aromatic nitrogens is 1. The molecule has 0 spiro atoms. The Morgan fingerprint density at radius 1 is 1.11 bits per heavy atom. The van der Waals surface area contributed by atoms with E-state index in [2.05, 4.69) is 10.3 Å². The van der Waals surface area contributed by atoms with Crippen LogP contribution in [0.5, 0.6) is 0 Å². The van der Waals surface area contributed by atoms with E-state index in [1.54, 1.807) is 34.6 Å². The molecule has 13 nitrogen and oxygen atoms in total. The predicted octanol–water partition coefficient (Wildman–Crippen LogP) is 3.05. The number of alkyl carbamates (subject to hydrolysis) is 1. The van der Waals surface area contributed by atoms with Crippen LogP contribution >= 0.6 is 0 Å². The number of carbonyl (C=O) groups is 4. The van der Waals surface area contributed by atoms with Crippen LogP contribution in [0, 0.1) is 16.0 Å². The summed E-state index contributed by atoms with van der Waals surface area (Å²) in [6.07, 6.45) is 0.142. The standard InChI is InChI=1S/C23H33N3O10/c1-6-11-23(20(31)35-7-2,16-9-8-14(13-24-16)26(33)34)12-10-15(17(18(27)28)19(29)30)25-21(32)36-22(3,4)5/h8-9,13,15,17H,6-7,10-12H2,1-5H3,(H,25,32)(H,27,28)(H,29,30)/t15-,23?/m0/s1. The third-order valence-corrected chi connectivity index (χ3v) is 5.31. The van der Waals surface area contributed by atoms with Gasteiger partial charge >= 0.3 is 24.0 Å². The lowest BCUT2D eigenvalue weighted by molar-refractivity contribution is -0.385. The van der Waals surface area contributed by atoms with Crippen molar-refractivity contribution in [3.05, 3.63) is 34.1 Å². The highest BCUT2D eigenvalue weighted by molar-refractivity contribution is 5.94. The van der Waals surface area contributed by atoms with Gasteiger partial charge in [0.1, 0.15) is 17.2 Å². The van der Waals surface area contributed by atoms with Gasteiger partial charge in [0.15, 0.2) is 5.92 Å². The minimum atomic E-state index is -2.04. The van der Waals surface area contributed by atoms with Crippen molar-refractivity contribution in [1.82, 2.24) is 10.3 Å². The summed E-state index contributed by atoms with van der Waals surface area (Å²) in [5.41, 5.74) is -2.56. The van der Waals surface area contributed by atoms with Gasteiger partial charge < -0.3 is 25.0 Å². The molecule has 13 heteroatoms. The number of carboxylic acids is 2. The maximum atomic E-state index is 13.2. The lowest BCUT2D eigenvalue weighted by Gasteiger charge is -2.33. The highest BCUT2D eigenvalue weighted by atomic mass is 16.6. The first-order chi connectivity index (χ1) is 16.7. The second-order valence-electron chi connectivity index (χ2n) is 9.16. The molecule has 0 aliphatic heterocycles. The van der Waals surface area contributed by atoms with Gasteiger partial charge in [0.25, 0.3) is 5.69 Å². The number of pyridine rings is 1. The highest BCUT2D eigenvalue weighted by Gasteiger charge is 2.45. The Morgan fingerprint density at radius 3 is 2.14 bits per heavy atom. The first-order valence-corrected chi connectivity index (χ1v) is 11.4. The molecule has 1 rings (SSSR count). The molecule has 0 saturated carbocycles. The van der Waals surface area contributed by atoms with Crippen LogP contribution in [0.15, 0.2) is 18.3 Å². The van der Waals surface area contributed by atoms with Crippen LogP contribution in [0.3, 0.4) is 0 Å². The van der Waals surface area contributed by atoms with Gasteiger partial charge in [-0.25, -0.2) is 4.79 Å². The molecule has 1 amide bonds. The molecular weight excluding hydrogens is 478 g/mol. The molecule has 0 radical (unpaired) electrons. The van der Waals surface area contributed by atoms with Crippen molar-refractivity contribution in [3.63, 3.8) is 0 Å². The van der Waals surface area contributed by atoms with Crippen molar-refractivity contribution in [2.75, 3.05) is 6.61 Å². The Bertz CT molecular complexity index is 944. The number of amides is 1. The summed E-state index contributed by atoms with van der Waals surface area (Å²) in [6, 6.07) is 1.03. The van der Waals surface area contributed by atoms with Gasteiger partial charge in [-0.2, -0.15) is 0 Å². The fraction of sp³-hybridized carbons (Fsp3) is 0.609. The fourth-order valence-corrected chi connectivity index (χ4v) is 3.80. The Labute approximate surface area is 208 Å². The van der Waals surface area contributed by atoms with Crippen molar-refractivity contribution in [1.29, 1.82) is 0 Å². The summed E-state index contributed by atoms with van der Waals surface area (Å²) >= 11 is 0. The minimum Gasteiger partial charge on any atom is -0.481 e. The van der Waals surface area contributed by atoms with E-state index in [1.165, 1.54) is 12.1 Å². The quantitative estimate of drug-likeness (QED) is 0.152.